The summed E-state index contributed by atoms with van der Waals surface area (Å²) in [6.45, 7) is 1.09. The molecule has 3 rings (SSSR count). The minimum Gasteiger partial charge on any atom is -0.493 e. The molecule has 2 aromatic carbocycles. The Morgan fingerprint density at radius 1 is 1.17 bits per heavy atom. The lowest BCUT2D eigenvalue weighted by molar-refractivity contribution is 0.0730. The van der Waals surface area contributed by atoms with Crippen LogP contribution in [0.5, 0.6) is 11.5 Å². The highest BCUT2D eigenvalue weighted by Crippen LogP contribution is 2.28. The number of morpholine rings is 1. The fourth-order valence-electron chi connectivity index (χ4n) is 2.78. The molecule has 0 radical (unpaired) electrons. The maximum atomic E-state index is 12.8. The van der Waals surface area contributed by atoms with Crippen molar-refractivity contribution in [1.29, 1.82) is 0 Å². The lowest BCUT2D eigenvalue weighted by atomic mass is 10.3. The van der Waals surface area contributed by atoms with Gasteiger partial charge in [-0.1, -0.05) is 23.7 Å². The van der Waals surface area contributed by atoms with Crippen molar-refractivity contribution in [3.63, 3.8) is 0 Å². The van der Waals surface area contributed by atoms with Gasteiger partial charge in [-0.2, -0.15) is 4.31 Å². The van der Waals surface area contributed by atoms with Gasteiger partial charge < -0.3 is 24.8 Å². The number of nitrogens with one attached hydrogen (secondary N) is 2. The molecule has 1 heterocycles. The van der Waals surface area contributed by atoms with Crippen LogP contribution in [0.2, 0.25) is 5.02 Å². The molecule has 0 saturated carbocycles. The Labute approximate surface area is 179 Å². The van der Waals surface area contributed by atoms with E-state index in [1.165, 1.54) is 29.6 Å². The molecule has 1 aliphatic rings. The fraction of sp³-hybridized carbons (Fsp3) is 0.316. The molecule has 1 fully saturated rings. The first kappa shape index (κ1) is 22.2. The first-order valence-electron chi connectivity index (χ1n) is 9.10. The number of carbonyl (C=O) groups is 1. The van der Waals surface area contributed by atoms with E-state index >= 15 is 0 Å². The van der Waals surface area contributed by atoms with E-state index in [4.69, 9.17) is 25.8 Å². The van der Waals surface area contributed by atoms with Crippen LogP contribution in [0.4, 0.5) is 10.5 Å². The number of halogens is 1. The second-order valence-corrected chi connectivity index (χ2v) is 8.57. The van der Waals surface area contributed by atoms with Gasteiger partial charge in [-0.25, -0.2) is 13.2 Å². The maximum absolute atomic E-state index is 12.8. The van der Waals surface area contributed by atoms with Crippen molar-refractivity contribution in [3.05, 3.63) is 47.5 Å². The lowest BCUT2D eigenvalue weighted by Gasteiger charge is -2.26. The van der Waals surface area contributed by atoms with E-state index in [-0.39, 0.29) is 35.4 Å². The highest BCUT2D eigenvalue weighted by molar-refractivity contribution is 7.89. The normalized spacial score (nSPS) is 14.7. The number of urea groups is 1. The van der Waals surface area contributed by atoms with E-state index in [1.807, 2.05) is 0 Å². The smallest absolute Gasteiger partial charge is 0.321 e. The van der Waals surface area contributed by atoms with Gasteiger partial charge in [0.1, 0.15) is 0 Å². The van der Waals surface area contributed by atoms with Gasteiger partial charge in [0, 0.05) is 13.1 Å². The second kappa shape index (κ2) is 9.98. The number of rotatable bonds is 7. The van der Waals surface area contributed by atoms with E-state index in [0.29, 0.717) is 24.7 Å². The van der Waals surface area contributed by atoms with Crippen LogP contribution in [0.3, 0.4) is 0 Å². The highest BCUT2D eigenvalue weighted by Gasteiger charge is 2.27. The Morgan fingerprint density at radius 3 is 2.57 bits per heavy atom. The number of amides is 2. The zero-order valence-corrected chi connectivity index (χ0v) is 17.8. The Hall–Kier alpha value is -2.53. The third-order valence-electron chi connectivity index (χ3n) is 4.32. The van der Waals surface area contributed by atoms with Gasteiger partial charge in [0.2, 0.25) is 10.0 Å². The Kier molecular flexibility index (Phi) is 7.38. The molecule has 1 aliphatic heterocycles. The van der Waals surface area contributed by atoms with E-state index < -0.39 is 16.1 Å². The van der Waals surface area contributed by atoms with Crippen molar-refractivity contribution in [3.8, 4) is 11.5 Å². The second-order valence-electron chi connectivity index (χ2n) is 6.23. The van der Waals surface area contributed by atoms with Gasteiger partial charge in [-0.15, -0.1) is 0 Å². The minimum atomic E-state index is -3.71. The third kappa shape index (κ3) is 5.33. The molecule has 2 aromatic rings. The van der Waals surface area contributed by atoms with Gasteiger partial charge in [0.05, 0.1) is 35.9 Å². The van der Waals surface area contributed by atoms with Crippen LogP contribution in [-0.4, -0.2) is 58.9 Å². The molecule has 0 aliphatic carbocycles. The number of methoxy groups -OCH3 is 1. The molecule has 162 valence electrons. The summed E-state index contributed by atoms with van der Waals surface area (Å²) in [5, 5.41) is 5.26. The fourth-order valence-corrected chi connectivity index (χ4v) is 4.38. The van der Waals surface area contributed by atoms with Gasteiger partial charge >= 0.3 is 6.03 Å². The summed E-state index contributed by atoms with van der Waals surface area (Å²) in [4.78, 5) is 12.2. The molecular weight excluding hydrogens is 434 g/mol. The van der Waals surface area contributed by atoms with Gasteiger partial charge in [0.25, 0.3) is 0 Å². The van der Waals surface area contributed by atoms with Crippen molar-refractivity contribution >= 4 is 33.3 Å². The van der Waals surface area contributed by atoms with Crippen LogP contribution in [0.25, 0.3) is 0 Å². The predicted molar refractivity (Wildman–Crippen MR) is 112 cm³/mol. The monoisotopic (exact) mass is 455 g/mol. The molecule has 2 amide bonds. The number of benzene rings is 2. The Morgan fingerprint density at radius 2 is 1.87 bits per heavy atom. The summed E-state index contributed by atoms with van der Waals surface area (Å²) in [6.07, 6.45) is 0. The van der Waals surface area contributed by atoms with E-state index in [9.17, 15) is 13.2 Å². The van der Waals surface area contributed by atoms with Crippen molar-refractivity contribution in [2.24, 2.45) is 0 Å². The number of carbonyl (C=O) groups excluding carboxylic acids is 1. The largest absolute Gasteiger partial charge is 0.493 e. The summed E-state index contributed by atoms with van der Waals surface area (Å²) >= 11 is 6.13. The van der Waals surface area contributed by atoms with Crippen LogP contribution in [0.1, 0.15) is 0 Å². The van der Waals surface area contributed by atoms with Gasteiger partial charge in [-0.3, -0.25) is 0 Å². The van der Waals surface area contributed by atoms with Crippen LogP contribution in [-0.2, 0) is 14.8 Å². The molecule has 0 unspecified atom stereocenters. The molecule has 0 aromatic heterocycles. The molecule has 0 atom stereocenters. The average molecular weight is 456 g/mol. The van der Waals surface area contributed by atoms with Crippen LogP contribution in [0.15, 0.2) is 47.4 Å². The standard InChI is InChI=1S/C19H22ClN3O6S/c1-27-17-4-2-3-5-18(17)29-13-21-19(24)22-16-12-14(6-7-15(16)20)30(25,26)23-8-10-28-11-9-23/h2-7,12H,8-11,13H2,1H3,(H2,21,22,24). The number of hydrogen-bond acceptors (Lipinski definition) is 6. The van der Waals surface area contributed by atoms with Crippen molar-refractivity contribution in [2.45, 2.75) is 4.90 Å². The quantitative estimate of drug-likeness (QED) is 0.621. The number of hydrogen-bond donors (Lipinski definition) is 2. The molecular formula is C19H22ClN3O6S. The zero-order valence-electron chi connectivity index (χ0n) is 16.3. The van der Waals surface area contributed by atoms with Crippen LogP contribution >= 0.6 is 11.6 Å². The SMILES string of the molecule is COc1ccccc1OCNC(=O)Nc1cc(S(=O)(=O)N2CCOCC2)ccc1Cl. The Balaban J connectivity index is 1.63. The van der Waals surface area contributed by atoms with Crippen LogP contribution in [0, 0.1) is 0 Å². The summed E-state index contributed by atoms with van der Waals surface area (Å²) in [5.41, 5.74) is 0.167. The molecule has 2 N–H and O–H groups in total. The summed E-state index contributed by atoms with van der Waals surface area (Å²) in [7, 11) is -2.20. The van der Waals surface area contributed by atoms with E-state index in [1.54, 1.807) is 24.3 Å². The van der Waals surface area contributed by atoms with Crippen molar-refractivity contribution in [1.82, 2.24) is 9.62 Å². The van der Waals surface area contributed by atoms with E-state index in [0.717, 1.165) is 0 Å². The topological polar surface area (TPSA) is 106 Å². The van der Waals surface area contributed by atoms with Crippen LogP contribution < -0.4 is 20.1 Å². The van der Waals surface area contributed by atoms with Crippen molar-refractivity contribution < 1.29 is 27.4 Å². The third-order valence-corrected chi connectivity index (χ3v) is 6.55. The molecule has 30 heavy (non-hydrogen) atoms. The first-order chi connectivity index (χ1) is 14.4. The minimum absolute atomic E-state index is 0.0365. The molecule has 0 bridgehead atoms. The number of anilines is 1. The molecule has 11 heteroatoms. The number of nitrogens with zero attached hydrogens (tertiary/aromatic N) is 1. The zero-order chi connectivity index (χ0) is 21.6. The molecule has 0 spiro atoms. The van der Waals surface area contributed by atoms with Gasteiger partial charge in [0.15, 0.2) is 18.2 Å². The summed E-state index contributed by atoms with van der Waals surface area (Å²) in [6, 6.07) is 10.6. The highest BCUT2D eigenvalue weighted by atomic mass is 35.5. The average Bonchev–Trinajstić information content (AvgIpc) is 2.76. The molecule has 1 saturated heterocycles. The number of ether oxygens (including phenoxy) is 3. The number of para-hydroxylation sites is 2. The molecule has 9 nitrogen and oxygen atoms in total. The summed E-state index contributed by atoms with van der Waals surface area (Å²) < 4.78 is 42.8. The van der Waals surface area contributed by atoms with Gasteiger partial charge in [-0.05, 0) is 30.3 Å². The van der Waals surface area contributed by atoms with E-state index in [2.05, 4.69) is 10.6 Å². The lowest BCUT2D eigenvalue weighted by Crippen LogP contribution is -2.40. The van der Waals surface area contributed by atoms with Crippen molar-refractivity contribution in [2.75, 3.05) is 45.5 Å². The number of sulfonamides is 1. The maximum Gasteiger partial charge on any atom is 0.321 e. The predicted octanol–water partition coefficient (Wildman–Crippen LogP) is 2.53. The Bertz CT molecular complexity index is 996. The first-order valence-corrected chi connectivity index (χ1v) is 10.9. The summed E-state index contributed by atoms with van der Waals surface area (Å²) in [5.74, 6) is 1.00.